The van der Waals surface area contributed by atoms with E-state index in [1.807, 2.05) is 11.8 Å². The topological polar surface area (TPSA) is 75.4 Å². The van der Waals surface area contributed by atoms with Crippen LogP contribution in [0.3, 0.4) is 0 Å². The predicted octanol–water partition coefficient (Wildman–Crippen LogP) is 0.982. The number of carbonyl (C=O) groups is 2. The molecule has 0 aliphatic carbocycles. The molecule has 1 aliphatic rings. The van der Waals surface area contributed by atoms with Crippen LogP contribution >= 0.6 is 0 Å². The average Bonchev–Trinajstić information content (AvgIpc) is 2.44. The molecule has 0 saturated carbocycles. The number of carbonyl (C=O) groups excluding carboxylic acids is 2. The fourth-order valence-corrected chi connectivity index (χ4v) is 2.81. The minimum Gasteiger partial charge on any atom is -0.356 e. The van der Waals surface area contributed by atoms with Crippen molar-refractivity contribution in [2.75, 3.05) is 26.2 Å². The van der Waals surface area contributed by atoms with Gasteiger partial charge in [-0.3, -0.25) is 9.59 Å². The number of amides is 2. The van der Waals surface area contributed by atoms with Gasteiger partial charge in [0, 0.05) is 32.1 Å². The highest BCUT2D eigenvalue weighted by Crippen LogP contribution is 2.21. The second-order valence-electron chi connectivity index (χ2n) is 6.06. The van der Waals surface area contributed by atoms with Gasteiger partial charge in [-0.25, -0.2) is 0 Å². The number of nitrogens with two attached hydrogens (primary N) is 1. The maximum atomic E-state index is 12.4. The molecule has 1 fully saturated rings. The van der Waals surface area contributed by atoms with Crippen LogP contribution in [0.25, 0.3) is 0 Å². The lowest BCUT2D eigenvalue weighted by Crippen LogP contribution is -2.46. The molecule has 0 aromatic carbocycles. The van der Waals surface area contributed by atoms with Crippen molar-refractivity contribution < 1.29 is 9.59 Å². The summed E-state index contributed by atoms with van der Waals surface area (Å²) < 4.78 is 0. The van der Waals surface area contributed by atoms with Crippen LogP contribution < -0.4 is 11.1 Å². The second-order valence-corrected chi connectivity index (χ2v) is 6.06. The minimum atomic E-state index is -0.0731. The number of nitrogens with zero attached hydrogens (tertiary/aromatic N) is 1. The normalized spacial score (nSPS) is 18.1. The molecule has 0 radical (unpaired) electrons. The lowest BCUT2D eigenvalue weighted by Gasteiger charge is -2.33. The first-order valence-corrected chi connectivity index (χ1v) is 7.76. The number of nitrogens with one attached hydrogen (secondary N) is 1. The van der Waals surface area contributed by atoms with Gasteiger partial charge in [0.05, 0.1) is 5.92 Å². The summed E-state index contributed by atoms with van der Waals surface area (Å²) in [6.07, 6.45) is 2.36. The molecule has 1 aliphatic heterocycles. The number of piperidine rings is 1. The van der Waals surface area contributed by atoms with Crippen LogP contribution in [0.1, 0.15) is 40.0 Å². The van der Waals surface area contributed by atoms with Crippen molar-refractivity contribution in [3.8, 4) is 0 Å². The molecule has 1 rings (SSSR count). The summed E-state index contributed by atoms with van der Waals surface area (Å²) in [4.78, 5) is 26.1. The van der Waals surface area contributed by atoms with E-state index in [1.54, 1.807) is 0 Å². The summed E-state index contributed by atoms with van der Waals surface area (Å²) in [5, 5.41) is 2.86. The van der Waals surface area contributed by atoms with E-state index >= 15 is 0 Å². The lowest BCUT2D eigenvalue weighted by molar-refractivity contribution is -0.139. The van der Waals surface area contributed by atoms with E-state index in [-0.39, 0.29) is 23.7 Å². The van der Waals surface area contributed by atoms with E-state index in [4.69, 9.17) is 5.73 Å². The van der Waals surface area contributed by atoms with Gasteiger partial charge in [0.15, 0.2) is 0 Å². The Kier molecular flexibility index (Phi) is 6.99. The van der Waals surface area contributed by atoms with Gasteiger partial charge >= 0.3 is 0 Å². The highest BCUT2D eigenvalue weighted by atomic mass is 16.2. The molecule has 1 heterocycles. The SMILES string of the molecule is CCNC(=O)C1CCN(C(=O)C(CN)CC(C)C)CC1. The molecule has 1 saturated heterocycles. The zero-order valence-corrected chi connectivity index (χ0v) is 13.0. The quantitative estimate of drug-likeness (QED) is 0.763. The molecule has 1 unspecified atom stereocenters. The molecule has 5 nitrogen and oxygen atoms in total. The first-order valence-electron chi connectivity index (χ1n) is 7.76. The van der Waals surface area contributed by atoms with E-state index in [9.17, 15) is 9.59 Å². The maximum Gasteiger partial charge on any atom is 0.226 e. The van der Waals surface area contributed by atoms with Gasteiger partial charge in [-0.15, -0.1) is 0 Å². The van der Waals surface area contributed by atoms with Crippen molar-refractivity contribution in [3.63, 3.8) is 0 Å². The van der Waals surface area contributed by atoms with Gasteiger partial charge in [-0.1, -0.05) is 13.8 Å². The van der Waals surface area contributed by atoms with Crippen molar-refractivity contribution in [1.29, 1.82) is 0 Å². The van der Waals surface area contributed by atoms with Crippen molar-refractivity contribution in [2.45, 2.75) is 40.0 Å². The van der Waals surface area contributed by atoms with Gasteiger partial charge in [-0.2, -0.15) is 0 Å². The Hall–Kier alpha value is -1.10. The Bertz CT molecular complexity index is 323. The van der Waals surface area contributed by atoms with Crippen molar-refractivity contribution >= 4 is 11.8 Å². The van der Waals surface area contributed by atoms with Crippen LogP contribution in [0.4, 0.5) is 0 Å². The lowest BCUT2D eigenvalue weighted by atomic mass is 9.92. The summed E-state index contributed by atoms with van der Waals surface area (Å²) in [6.45, 7) is 8.57. The van der Waals surface area contributed by atoms with E-state index < -0.39 is 0 Å². The monoisotopic (exact) mass is 283 g/mol. The fraction of sp³-hybridized carbons (Fsp3) is 0.867. The summed E-state index contributed by atoms with van der Waals surface area (Å²) in [5.74, 6) is 0.740. The van der Waals surface area contributed by atoms with Crippen molar-refractivity contribution in [1.82, 2.24) is 10.2 Å². The Labute approximate surface area is 122 Å². The zero-order chi connectivity index (χ0) is 15.1. The van der Waals surface area contributed by atoms with Gasteiger partial charge < -0.3 is 16.0 Å². The maximum absolute atomic E-state index is 12.4. The van der Waals surface area contributed by atoms with Gasteiger partial charge in [0.25, 0.3) is 0 Å². The summed E-state index contributed by atoms with van der Waals surface area (Å²) in [7, 11) is 0. The zero-order valence-electron chi connectivity index (χ0n) is 13.0. The van der Waals surface area contributed by atoms with E-state index in [1.165, 1.54) is 0 Å². The molecule has 2 amide bonds. The molecule has 0 bridgehead atoms. The Morgan fingerprint density at radius 3 is 2.35 bits per heavy atom. The fourth-order valence-electron chi connectivity index (χ4n) is 2.81. The van der Waals surface area contributed by atoms with Crippen LogP contribution in [0.2, 0.25) is 0 Å². The average molecular weight is 283 g/mol. The summed E-state index contributed by atoms with van der Waals surface area (Å²) in [5.41, 5.74) is 5.73. The third kappa shape index (κ3) is 4.78. The van der Waals surface area contributed by atoms with E-state index in [2.05, 4.69) is 19.2 Å². The number of likely N-dealkylation sites (tertiary alicyclic amines) is 1. The molecular weight excluding hydrogens is 254 g/mol. The molecule has 5 heteroatoms. The second kappa shape index (κ2) is 8.25. The largest absolute Gasteiger partial charge is 0.356 e. The first kappa shape index (κ1) is 17.0. The molecule has 1 atom stereocenters. The number of hydrogen-bond acceptors (Lipinski definition) is 3. The number of rotatable bonds is 6. The Balaban J connectivity index is 2.47. The number of hydrogen-bond donors (Lipinski definition) is 2. The molecule has 116 valence electrons. The third-order valence-corrected chi connectivity index (χ3v) is 3.92. The molecule has 0 aromatic heterocycles. The van der Waals surface area contributed by atoms with Crippen LogP contribution in [0.15, 0.2) is 0 Å². The van der Waals surface area contributed by atoms with Gasteiger partial charge in [0.1, 0.15) is 0 Å². The molecule has 0 aromatic rings. The summed E-state index contributed by atoms with van der Waals surface area (Å²) in [6, 6.07) is 0. The third-order valence-electron chi connectivity index (χ3n) is 3.92. The first-order chi connectivity index (χ1) is 9.49. The van der Waals surface area contributed by atoms with Crippen LogP contribution in [0, 0.1) is 17.8 Å². The van der Waals surface area contributed by atoms with Crippen LogP contribution in [0.5, 0.6) is 0 Å². The summed E-state index contributed by atoms with van der Waals surface area (Å²) >= 11 is 0. The van der Waals surface area contributed by atoms with Crippen molar-refractivity contribution in [2.24, 2.45) is 23.5 Å². The molecular formula is C15H29N3O2. The minimum absolute atomic E-state index is 0.0559. The smallest absolute Gasteiger partial charge is 0.226 e. The molecule has 0 spiro atoms. The molecule has 3 N–H and O–H groups in total. The standard InChI is InChI=1S/C15H29N3O2/c1-4-17-14(19)12-5-7-18(8-6-12)15(20)13(10-16)9-11(2)3/h11-13H,4-10,16H2,1-3H3,(H,17,19). The van der Waals surface area contributed by atoms with Gasteiger partial charge in [-0.05, 0) is 32.1 Å². The highest BCUT2D eigenvalue weighted by molar-refractivity contribution is 5.81. The van der Waals surface area contributed by atoms with E-state index in [0.717, 1.165) is 19.3 Å². The highest BCUT2D eigenvalue weighted by Gasteiger charge is 2.30. The predicted molar refractivity (Wildman–Crippen MR) is 80.0 cm³/mol. The van der Waals surface area contributed by atoms with Gasteiger partial charge in [0.2, 0.25) is 11.8 Å². The van der Waals surface area contributed by atoms with Crippen LogP contribution in [-0.2, 0) is 9.59 Å². The Morgan fingerprint density at radius 2 is 1.90 bits per heavy atom. The van der Waals surface area contributed by atoms with E-state index in [0.29, 0.717) is 32.1 Å². The van der Waals surface area contributed by atoms with Crippen LogP contribution in [-0.4, -0.2) is 42.9 Å². The Morgan fingerprint density at radius 1 is 1.30 bits per heavy atom. The van der Waals surface area contributed by atoms with Crippen molar-refractivity contribution in [3.05, 3.63) is 0 Å². The molecule has 20 heavy (non-hydrogen) atoms.